The van der Waals surface area contributed by atoms with Gasteiger partial charge >= 0.3 is 0 Å². The predicted molar refractivity (Wildman–Crippen MR) is 144 cm³/mol. The first-order valence-corrected chi connectivity index (χ1v) is 12.5. The maximum atomic E-state index is 13.0. The Morgan fingerprint density at radius 1 is 0.829 bits per heavy atom. The number of aromatic amines is 1. The fourth-order valence-electron chi connectivity index (χ4n) is 4.48. The lowest BCUT2D eigenvalue weighted by atomic mass is 9.90. The molecular formula is C31H34N2O2. The topological polar surface area (TPSA) is 62.0 Å². The maximum Gasteiger partial charge on any atom is 0.225 e. The molecule has 4 nitrogen and oxygen atoms in total. The molecule has 0 aliphatic rings. The average molecular weight is 467 g/mol. The van der Waals surface area contributed by atoms with Gasteiger partial charge in [0.15, 0.2) is 5.78 Å². The van der Waals surface area contributed by atoms with Gasteiger partial charge < -0.3 is 10.3 Å². The first-order valence-electron chi connectivity index (χ1n) is 12.5. The monoisotopic (exact) mass is 466 g/mol. The van der Waals surface area contributed by atoms with E-state index < -0.39 is 6.04 Å². The van der Waals surface area contributed by atoms with Crippen LogP contribution in [0.4, 0.5) is 0 Å². The van der Waals surface area contributed by atoms with Crippen LogP contribution in [0.25, 0.3) is 33.2 Å². The Labute approximate surface area is 207 Å². The van der Waals surface area contributed by atoms with Crippen molar-refractivity contribution in [3.05, 3.63) is 84.6 Å². The van der Waals surface area contributed by atoms with E-state index in [2.05, 4.69) is 64.9 Å². The molecule has 0 aliphatic heterocycles. The molecule has 0 bridgehead atoms. The standard InChI is InChI=1S/C31H34N2O2/c1-5-21(4)30(31(35)20(2)3)33-29(34)18-26-19-32-28-16-15-25(17-27(26)28)24-13-11-23(12-14-24)22-9-7-6-8-10-22/h6-17,19-21,30,32H,5,18H2,1-4H3,(H,33,34)/t21-,30-/m0/s1. The molecule has 4 heteroatoms. The van der Waals surface area contributed by atoms with Crippen LogP contribution in [0.1, 0.15) is 39.7 Å². The van der Waals surface area contributed by atoms with E-state index >= 15 is 0 Å². The summed E-state index contributed by atoms with van der Waals surface area (Å²) in [5.41, 5.74) is 6.53. The quantitative estimate of drug-likeness (QED) is 0.285. The highest BCUT2D eigenvalue weighted by Gasteiger charge is 2.27. The zero-order valence-electron chi connectivity index (χ0n) is 21.0. The lowest BCUT2D eigenvalue weighted by Crippen LogP contribution is -2.47. The first kappa shape index (κ1) is 24.5. The molecule has 180 valence electrons. The first-order chi connectivity index (χ1) is 16.9. The average Bonchev–Trinajstić information content (AvgIpc) is 3.28. The van der Waals surface area contributed by atoms with Gasteiger partial charge in [0.25, 0.3) is 0 Å². The number of Topliss-reactive ketones (excluding diaryl/α,β-unsaturated/α-hetero) is 1. The molecule has 0 radical (unpaired) electrons. The SMILES string of the molecule is CC[C@H](C)[C@H](NC(=O)Cc1c[nH]c2ccc(-c3ccc(-c4ccccc4)cc3)cc12)C(=O)C(C)C. The smallest absolute Gasteiger partial charge is 0.225 e. The van der Waals surface area contributed by atoms with Crippen LogP contribution >= 0.6 is 0 Å². The molecule has 4 rings (SSSR count). The number of aromatic nitrogens is 1. The number of amides is 1. The third-order valence-electron chi connectivity index (χ3n) is 6.85. The second-order valence-corrected chi connectivity index (χ2v) is 9.68. The maximum absolute atomic E-state index is 13.0. The number of ketones is 1. The fourth-order valence-corrected chi connectivity index (χ4v) is 4.48. The minimum Gasteiger partial charge on any atom is -0.361 e. The summed E-state index contributed by atoms with van der Waals surface area (Å²) in [6, 6.07) is 24.7. The van der Waals surface area contributed by atoms with E-state index in [1.165, 1.54) is 11.1 Å². The summed E-state index contributed by atoms with van der Waals surface area (Å²) in [6.45, 7) is 7.84. The second-order valence-electron chi connectivity index (χ2n) is 9.68. The minimum atomic E-state index is -0.448. The number of fused-ring (bicyclic) bond motifs is 1. The van der Waals surface area contributed by atoms with Crippen LogP contribution in [0, 0.1) is 11.8 Å². The fraction of sp³-hybridized carbons (Fsp3) is 0.290. The van der Waals surface area contributed by atoms with Gasteiger partial charge in [-0.25, -0.2) is 0 Å². The van der Waals surface area contributed by atoms with E-state index in [4.69, 9.17) is 0 Å². The number of hydrogen-bond donors (Lipinski definition) is 2. The van der Waals surface area contributed by atoms with Crippen LogP contribution in [0.5, 0.6) is 0 Å². The molecular weight excluding hydrogens is 432 g/mol. The van der Waals surface area contributed by atoms with Gasteiger partial charge in [0.1, 0.15) is 0 Å². The van der Waals surface area contributed by atoms with Crippen molar-refractivity contribution in [2.45, 2.75) is 46.6 Å². The van der Waals surface area contributed by atoms with Crippen molar-refractivity contribution >= 4 is 22.6 Å². The highest BCUT2D eigenvalue weighted by molar-refractivity contribution is 5.94. The summed E-state index contributed by atoms with van der Waals surface area (Å²) >= 11 is 0. The van der Waals surface area contributed by atoms with Gasteiger partial charge in [-0.15, -0.1) is 0 Å². The number of rotatable bonds is 9. The highest BCUT2D eigenvalue weighted by atomic mass is 16.2. The summed E-state index contributed by atoms with van der Waals surface area (Å²) < 4.78 is 0. The molecule has 0 saturated carbocycles. The molecule has 3 aromatic carbocycles. The van der Waals surface area contributed by atoms with Crippen molar-refractivity contribution < 1.29 is 9.59 Å². The van der Waals surface area contributed by atoms with Gasteiger partial charge in [0.2, 0.25) is 5.91 Å². The van der Waals surface area contributed by atoms with Gasteiger partial charge in [0, 0.05) is 23.0 Å². The van der Waals surface area contributed by atoms with Gasteiger partial charge in [-0.1, -0.05) is 94.8 Å². The van der Waals surface area contributed by atoms with Gasteiger partial charge in [-0.3, -0.25) is 9.59 Å². The van der Waals surface area contributed by atoms with Crippen molar-refractivity contribution in [1.82, 2.24) is 10.3 Å². The Balaban J connectivity index is 1.54. The number of carbonyl (C=O) groups is 2. The molecule has 1 amide bonds. The number of benzene rings is 3. The predicted octanol–water partition coefficient (Wildman–Crippen LogP) is 6.80. The zero-order chi connectivity index (χ0) is 24.9. The van der Waals surface area contributed by atoms with Crippen LogP contribution < -0.4 is 5.32 Å². The minimum absolute atomic E-state index is 0.0906. The molecule has 1 heterocycles. The zero-order valence-corrected chi connectivity index (χ0v) is 21.0. The number of hydrogen-bond acceptors (Lipinski definition) is 2. The lowest BCUT2D eigenvalue weighted by molar-refractivity contribution is -0.130. The Morgan fingerprint density at radius 2 is 1.43 bits per heavy atom. The summed E-state index contributed by atoms with van der Waals surface area (Å²) in [5, 5.41) is 4.05. The molecule has 35 heavy (non-hydrogen) atoms. The number of carbonyl (C=O) groups excluding carboxylic acids is 2. The highest BCUT2D eigenvalue weighted by Crippen LogP contribution is 2.29. The third kappa shape index (κ3) is 5.54. The molecule has 4 aromatic rings. The van der Waals surface area contributed by atoms with Crippen LogP contribution in [0.15, 0.2) is 79.0 Å². The molecule has 2 atom stereocenters. The summed E-state index contributed by atoms with van der Waals surface area (Å²) in [4.78, 5) is 28.9. The van der Waals surface area contributed by atoms with Crippen LogP contribution in [-0.4, -0.2) is 22.7 Å². The Hall–Kier alpha value is -3.66. The number of nitrogens with one attached hydrogen (secondary N) is 2. The van der Waals surface area contributed by atoms with Crippen molar-refractivity contribution in [2.75, 3.05) is 0 Å². The summed E-state index contributed by atoms with van der Waals surface area (Å²) in [5.74, 6) is -0.0452. The van der Waals surface area contributed by atoms with Crippen LogP contribution in [0.3, 0.4) is 0 Å². The Morgan fingerprint density at radius 3 is 2.06 bits per heavy atom. The Bertz CT molecular complexity index is 1300. The lowest BCUT2D eigenvalue weighted by Gasteiger charge is -2.24. The molecule has 2 N–H and O–H groups in total. The van der Waals surface area contributed by atoms with E-state index in [9.17, 15) is 9.59 Å². The Kier molecular flexibility index (Phi) is 7.50. The molecule has 0 fully saturated rings. The molecule has 1 aromatic heterocycles. The summed E-state index contributed by atoms with van der Waals surface area (Å²) in [7, 11) is 0. The molecule has 0 spiro atoms. The molecule has 0 aliphatic carbocycles. The van der Waals surface area contributed by atoms with E-state index in [0.717, 1.165) is 34.0 Å². The number of H-pyrrole nitrogens is 1. The van der Waals surface area contributed by atoms with E-state index in [1.807, 2.05) is 52.1 Å². The largest absolute Gasteiger partial charge is 0.361 e. The van der Waals surface area contributed by atoms with Crippen molar-refractivity contribution in [3.63, 3.8) is 0 Å². The van der Waals surface area contributed by atoms with Gasteiger partial charge in [0.05, 0.1) is 12.5 Å². The van der Waals surface area contributed by atoms with Gasteiger partial charge in [-0.05, 0) is 45.9 Å². The third-order valence-corrected chi connectivity index (χ3v) is 6.85. The second kappa shape index (κ2) is 10.7. The normalized spacial score (nSPS) is 13.1. The summed E-state index contributed by atoms with van der Waals surface area (Å²) in [6.07, 6.45) is 2.96. The molecule has 0 unspecified atom stereocenters. The van der Waals surface area contributed by atoms with Crippen LogP contribution in [0.2, 0.25) is 0 Å². The van der Waals surface area contributed by atoms with E-state index in [-0.39, 0.29) is 29.9 Å². The van der Waals surface area contributed by atoms with Crippen molar-refractivity contribution in [1.29, 1.82) is 0 Å². The van der Waals surface area contributed by atoms with Crippen LogP contribution in [-0.2, 0) is 16.0 Å². The van der Waals surface area contributed by atoms with E-state index in [1.54, 1.807) is 0 Å². The van der Waals surface area contributed by atoms with Gasteiger partial charge in [-0.2, -0.15) is 0 Å². The van der Waals surface area contributed by atoms with Crippen molar-refractivity contribution in [3.8, 4) is 22.3 Å². The van der Waals surface area contributed by atoms with E-state index in [0.29, 0.717) is 0 Å². The molecule has 0 saturated heterocycles. The van der Waals surface area contributed by atoms with Crippen molar-refractivity contribution in [2.24, 2.45) is 11.8 Å².